The Labute approximate surface area is 138 Å². The molecule has 1 amide bonds. The summed E-state index contributed by atoms with van der Waals surface area (Å²) in [7, 11) is 3.13. The van der Waals surface area contributed by atoms with E-state index in [1.165, 1.54) is 18.9 Å². The largest absolute Gasteiger partial charge is 0.469 e. The summed E-state index contributed by atoms with van der Waals surface area (Å²) >= 11 is 4.96. The maximum Gasteiger partial charge on any atom is 0.305 e. The number of methoxy groups -OCH3 is 1. The minimum atomic E-state index is -0.240. The molecule has 0 unspecified atom stereocenters. The lowest BCUT2D eigenvalue weighted by molar-refractivity contribution is -0.141. The third kappa shape index (κ3) is 6.52. The Hall–Kier alpha value is -1.01. The van der Waals surface area contributed by atoms with Crippen molar-refractivity contribution >= 4 is 39.6 Å². The van der Waals surface area contributed by atoms with Crippen LogP contribution >= 0.6 is 27.7 Å². The molecule has 4 nitrogen and oxygen atoms in total. The number of aryl methyl sites for hydroxylation is 1. The van der Waals surface area contributed by atoms with E-state index in [0.717, 1.165) is 14.9 Å². The molecule has 0 aliphatic rings. The van der Waals surface area contributed by atoms with Crippen LogP contribution in [-0.4, -0.2) is 43.2 Å². The lowest BCUT2D eigenvalue weighted by Gasteiger charge is -2.17. The number of amides is 1. The summed E-state index contributed by atoms with van der Waals surface area (Å²) in [5, 5.41) is 0. The van der Waals surface area contributed by atoms with Gasteiger partial charge in [0.15, 0.2) is 0 Å². The number of carbonyl (C=O) groups is 2. The summed E-state index contributed by atoms with van der Waals surface area (Å²) < 4.78 is 5.61. The average molecular weight is 374 g/mol. The van der Waals surface area contributed by atoms with Crippen LogP contribution in [0.25, 0.3) is 0 Å². The van der Waals surface area contributed by atoms with Gasteiger partial charge in [-0.2, -0.15) is 0 Å². The van der Waals surface area contributed by atoms with Crippen molar-refractivity contribution in [3.63, 3.8) is 0 Å². The first-order valence-corrected chi connectivity index (χ1v) is 8.41. The fourth-order valence-electron chi connectivity index (χ4n) is 1.71. The molecule has 0 bridgehead atoms. The maximum atomic E-state index is 12.0. The normalized spacial score (nSPS) is 10.3. The zero-order valence-electron chi connectivity index (χ0n) is 12.5. The molecule has 0 aliphatic carbocycles. The van der Waals surface area contributed by atoms with E-state index in [0.29, 0.717) is 25.1 Å². The molecule has 1 rings (SSSR count). The van der Waals surface area contributed by atoms with Crippen molar-refractivity contribution in [1.82, 2.24) is 4.90 Å². The van der Waals surface area contributed by atoms with Gasteiger partial charge in [-0.3, -0.25) is 9.59 Å². The summed E-state index contributed by atoms with van der Waals surface area (Å²) in [5.74, 6) is 0.222. The van der Waals surface area contributed by atoms with E-state index in [4.69, 9.17) is 0 Å². The molecule has 116 valence electrons. The predicted octanol–water partition coefficient (Wildman–Crippen LogP) is 3.26. The fourth-order valence-corrected chi connectivity index (χ4v) is 3.14. The van der Waals surface area contributed by atoms with Crippen molar-refractivity contribution in [3.05, 3.63) is 28.2 Å². The highest BCUT2D eigenvalue weighted by molar-refractivity contribution is 9.10. The van der Waals surface area contributed by atoms with Crippen LogP contribution in [-0.2, 0) is 14.3 Å². The van der Waals surface area contributed by atoms with E-state index in [9.17, 15) is 9.59 Å². The van der Waals surface area contributed by atoms with Crippen LogP contribution in [0.4, 0.5) is 0 Å². The minimum Gasteiger partial charge on any atom is -0.469 e. The van der Waals surface area contributed by atoms with E-state index in [1.54, 1.807) is 11.9 Å². The summed E-state index contributed by atoms with van der Waals surface area (Å²) in [5.41, 5.74) is 1.15. The summed E-state index contributed by atoms with van der Waals surface area (Å²) in [4.78, 5) is 25.8. The molecule has 0 fully saturated rings. The van der Waals surface area contributed by atoms with Gasteiger partial charge in [0.05, 0.1) is 12.9 Å². The molecule has 0 atom stereocenters. The van der Waals surface area contributed by atoms with Crippen LogP contribution in [0.15, 0.2) is 27.6 Å². The van der Waals surface area contributed by atoms with Gasteiger partial charge in [0.2, 0.25) is 5.91 Å². The van der Waals surface area contributed by atoms with Crippen LogP contribution in [0.2, 0.25) is 0 Å². The number of esters is 1. The van der Waals surface area contributed by atoms with E-state index in [-0.39, 0.29) is 11.9 Å². The Morgan fingerprint density at radius 2 is 2.10 bits per heavy atom. The van der Waals surface area contributed by atoms with Gasteiger partial charge in [-0.25, -0.2) is 0 Å². The Kier molecular flexibility index (Phi) is 7.82. The SMILES string of the molecule is COC(=O)CCCN(C)C(=O)CSc1ccc(Br)cc1C. The minimum absolute atomic E-state index is 0.0622. The highest BCUT2D eigenvalue weighted by Crippen LogP contribution is 2.25. The number of hydrogen-bond donors (Lipinski definition) is 0. The molecule has 0 aromatic heterocycles. The Bertz CT molecular complexity index is 508. The molecule has 6 heteroatoms. The van der Waals surface area contributed by atoms with Gasteiger partial charge in [0, 0.05) is 29.4 Å². The molecule has 0 aliphatic heterocycles. The first-order valence-electron chi connectivity index (χ1n) is 6.63. The quantitative estimate of drug-likeness (QED) is 0.543. The number of thioether (sulfide) groups is 1. The van der Waals surface area contributed by atoms with Crippen molar-refractivity contribution in [1.29, 1.82) is 0 Å². The van der Waals surface area contributed by atoms with Crippen molar-refractivity contribution in [2.24, 2.45) is 0 Å². The standard InChI is InChI=1S/C15H20BrNO3S/c1-11-9-12(16)6-7-13(11)21-10-14(18)17(2)8-4-5-15(19)20-3/h6-7,9H,4-5,8,10H2,1-3H3. The molecule has 0 spiro atoms. The summed E-state index contributed by atoms with van der Waals surface area (Å²) in [6.07, 6.45) is 0.962. The van der Waals surface area contributed by atoms with Crippen molar-refractivity contribution < 1.29 is 14.3 Å². The zero-order valence-corrected chi connectivity index (χ0v) is 14.9. The highest BCUT2D eigenvalue weighted by Gasteiger charge is 2.11. The van der Waals surface area contributed by atoms with Crippen LogP contribution in [0, 0.1) is 6.92 Å². The van der Waals surface area contributed by atoms with Crippen LogP contribution in [0.3, 0.4) is 0 Å². The van der Waals surface area contributed by atoms with E-state index in [1.807, 2.05) is 25.1 Å². The van der Waals surface area contributed by atoms with Crippen LogP contribution < -0.4 is 0 Å². The number of benzene rings is 1. The monoisotopic (exact) mass is 373 g/mol. The molecular formula is C15H20BrNO3S. The Morgan fingerprint density at radius 3 is 2.71 bits per heavy atom. The molecule has 0 heterocycles. The number of nitrogens with zero attached hydrogens (tertiary/aromatic N) is 1. The second-order valence-corrected chi connectivity index (χ2v) is 6.63. The molecule has 21 heavy (non-hydrogen) atoms. The van der Waals surface area contributed by atoms with Gasteiger partial charge in [-0.15, -0.1) is 11.8 Å². The smallest absolute Gasteiger partial charge is 0.305 e. The Morgan fingerprint density at radius 1 is 1.38 bits per heavy atom. The molecule has 0 radical (unpaired) electrons. The van der Waals surface area contributed by atoms with Gasteiger partial charge in [0.1, 0.15) is 0 Å². The van der Waals surface area contributed by atoms with E-state index < -0.39 is 0 Å². The topological polar surface area (TPSA) is 46.6 Å². The van der Waals surface area contributed by atoms with Gasteiger partial charge < -0.3 is 9.64 Å². The van der Waals surface area contributed by atoms with Gasteiger partial charge in [-0.1, -0.05) is 15.9 Å². The van der Waals surface area contributed by atoms with Crippen LogP contribution in [0.1, 0.15) is 18.4 Å². The third-order valence-electron chi connectivity index (χ3n) is 3.02. The van der Waals surface area contributed by atoms with E-state index in [2.05, 4.69) is 20.7 Å². The zero-order chi connectivity index (χ0) is 15.8. The lowest BCUT2D eigenvalue weighted by atomic mass is 10.2. The van der Waals surface area contributed by atoms with E-state index >= 15 is 0 Å². The first kappa shape index (κ1) is 18.0. The van der Waals surface area contributed by atoms with Crippen molar-refractivity contribution in [2.75, 3.05) is 26.5 Å². The number of carbonyl (C=O) groups excluding carboxylic acids is 2. The Balaban J connectivity index is 2.37. The molecule has 0 saturated carbocycles. The number of rotatable bonds is 7. The third-order valence-corrected chi connectivity index (χ3v) is 4.67. The highest BCUT2D eigenvalue weighted by atomic mass is 79.9. The lowest BCUT2D eigenvalue weighted by Crippen LogP contribution is -2.29. The van der Waals surface area contributed by atoms with Gasteiger partial charge >= 0.3 is 5.97 Å². The summed E-state index contributed by atoms with van der Waals surface area (Å²) in [6.45, 7) is 2.59. The number of halogens is 1. The maximum absolute atomic E-state index is 12.0. The van der Waals surface area contributed by atoms with Crippen molar-refractivity contribution in [2.45, 2.75) is 24.7 Å². The number of hydrogen-bond acceptors (Lipinski definition) is 4. The second-order valence-electron chi connectivity index (χ2n) is 4.69. The molecular weight excluding hydrogens is 354 g/mol. The predicted molar refractivity (Wildman–Crippen MR) is 88.5 cm³/mol. The second kappa shape index (κ2) is 9.10. The molecule has 1 aromatic rings. The summed E-state index contributed by atoms with van der Waals surface area (Å²) in [6, 6.07) is 6.02. The fraction of sp³-hybridized carbons (Fsp3) is 0.467. The molecule has 0 N–H and O–H groups in total. The first-order chi connectivity index (χ1) is 9.93. The van der Waals surface area contributed by atoms with Gasteiger partial charge in [-0.05, 0) is 37.1 Å². The molecule has 0 saturated heterocycles. The number of ether oxygens (including phenoxy) is 1. The van der Waals surface area contributed by atoms with Crippen molar-refractivity contribution in [3.8, 4) is 0 Å². The molecule has 1 aromatic carbocycles. The van der Waals surface area contributed by atoms with Crippen LogP contribution in [0.5, 0.6) is 0 Å². The van der Waals surface area contributed by atoms with Gasteiger partial charge in [0.25, 0.3) is 0 Å². The average Bonchev–Trinajstić information content (AvgIpc) is 2.45.